The second kappa shape index (κ2) is 7.01. The van der Waals surface area contributed by atoms with Gasteiger partial charge >= 0.3 is 0 Å². The molecule has 1 aliphatic heterocycles. The highest BCUT2D eigenvalue weighted by Crippen LogP contribution is 2.18. The molecule has 0 spiro atoms. The van der Waals surface area contributed by atoms with Gasteiger partial charge in [-0.25, -0.2) is 9.97 Å². The Morgan fingerprint density at radius 2 is 2.35 bits per heavy atom. The van der Waals surface area contributed by atoms with Gasteiger partial charge in [-0.15, -0.1) is 11.3 Å². The van der Waals surface area contributed by atoms with Gasteiger partial charge in [0.15, 0.2) is 0 Å². The van der Waals surface area contributed by atoms with Gasteiger partial charge in [0.2, 0.25) is 0 Å². The van der Waals surface area contributed by atoms with E-state index in [1.54, 1.807) is 17.4 Å². The van der Waals surface area contributed by atoms with Gasteiger partial charge in [-0.2, -0.15) is 0 Å². The van der Waals surface area contributed by atoms with Gasteiger partial charge in [0.05, 0.1) is 16.1 Å². The average molecular weight is 333 g/mol. The van der Waals surface area contributed by atoms with Gasteiger partial charge in [-0.3, -0.25) is 10.1 Å². The third-order valence-electron chi connectivity index (χ3n) is 4.08. The molecule has 0 aromatic carbocycles. The van der Waals surface area contributed by atoms with Crippen molar-refractivity contribution < 1.29 is 4.92 Å². The van der Waals surface area contributed by atoms with E-state index in [1.807, 2.05) is 5.51 Å². The molecule has 122 valence electrons. The number of hydrogen-bond donors (Lipinski definition) is 1. The topological polar surface area (TPSA) is 84.2 Å². The second-order valence-corrected chi connectivity index (χ2v) is 6.64. The van der Waals surface area contributed by atoms with E-state index in [1.165, 1.54) is 17.1 Å². The molecule has 3 rings (SSSR count). The van der Waals surface area contributed by atoms with Crippen molar-refractivity contribution in [2.45, 2.75) is 25.8 Å². The van der Waals surface area contributed by atoms with Crippen molar-refractivity contribution in [1.82, 2.24) is 14.9 Å². The maximum atomic E-state index is 10.6. The lowest BCUT2D eigenvalue weighted by molar-refractivity contribution is -0.385. The summed E-state index contributed by atoms with van der Waals surface area (Å²) in [5.74, 6) is 0.695. The summed E-state index contributed by atoms with van der Waals surface area (Å²) < 4.78 is 0. The molecule has 2 aromatic heterocycles. The zero-order valence-corrected chi connectivity index (χ0v) is 13.8. The standard InChI is InChI=1S/C15H19N5O2S/c1-11-14(23-10-17-11)5-7-19-6-4-12(9-19)18-15-3-2-13(8-16-15)20(21)22/h2-3,8,10,12H,4-7,9H2,1H3,(H,16,18). The van der Waals surface area contributed by atoms with E-state index in [9.17, 15) is 10.1 Å². The Morgan fingerprint density at radius 3 is 3.00 bits per heavy atom. The summed E-state index contributed by atoms with van der Waals surface area (Å²) in [7, 11) is 0. The lowest BCUT2D eigenvalue weighted by atomic mass is 10.2. The van der Waals surface area contributed by atoms with Crippen LogP contribution < -0.4 is 5.32 Å². The van der Waals surface area contributed by atoms with Crippen LogP contribution in [0, 0.1) is 17.0 Å². The van der Waals surface area contributed by atoms with Gasteiger partial charge in [0, 0.05) is 36.6 Å². The molecule has 1 fully saturated rings. The number of nitro groups is 1. The van der Waals surface area contributed by atoms with Crippen LogP contribution in [-0.4, -0.2) is 45.5 Å². The minimum absolute atomic E-state index is 0.0172. The van der Waals surface area contributed by atoms with E-state index in [0.717, 1.165) is 38.2 Å². The molecule has 1 N–H and O–H groups in total. The van der Waals surface area contributed by atoms with Crippen LogP contribution in [0.15, 0.2) is 23.8 Å². The quantitative estimate of drug-likeness (QED) is 0.646. The number of hydrogen-bond acceptors (Lipinski definition) is 7. The fourth-order valence-electron chi connectivity index (χ4n) is 2.77. The van der Waals surface area contributed by atoms with Crippen molar-refractivity contribution in [3.8, 4) is 0 Å². The zero-order chi connectivity index (χ0) is 16.2. The van der Waals surface area contributed by atoms with Gasteiger partial charge in [0.1, 0.15) is 12.0 Å². The Balaban J connectivity index is 1.48. The highest BCUT2D eigenvalue weighted by Gasteiger charge is 2.22. The lowest BCUT2D eigenvalue weighted by Crippen LogP contribution is -2.28. The van der Waals surface area contributed by atoms with E-state index < -0.39 is 4.92 Å². The van der Waals surface area contributed by atoms with Crippen LogP contribution in [0.1, 0.15) is 17.0 Å². The third kappa shape index (κ3) is 4.02. The SMILES string of the molecule is Cc1ncsc1CCN1CCC(Nc2ccc([N+](=O)[O-])cn2)C1. The van der Waals surface area contributed by atoms with Crippen LogP contribution in [0.2, 0.25) is 0 Å². The highest BCUT2D eigenvalue weighted by molar-refractivity contribution is 7.09. The fraction of sp³-hybridized carbons (Fsp3) is 0.467. The van der Waals surface area contributed by atoms with Crippen molar-refractivity contribution in [2.75, 3.05) is 25.0 Å². The molecule has 0 saturated carbocycles. The summed E-state index contributed by atoms with van der Waals surface area (Å²) >= 11 is 1.72. The largest absolute Gasteiger partial charge is 0.366 e. The molecule has 0 radical (unpaired) electrons. The molecule has 23 heavy (non-hydrogen) atoms. The maximum Gasteiger partial charge on any atom is 0.287 e. The Labute approximate surface area is 138 Å². The van der Waals surface area contributed by atoms with Gasteiger partial charge in [-0.05, 0) is 25.8 Å². The molecule has 0 amide bonds. The monoisotopic (exact) mass is 333 g/mol. The number of rotatable bonds is 6. The predicted molar refractivity (Wildman–Crippen MR) is 89.9 cm³/mol. The van der Waals surface area contributed by atoms with Gasteiger partial charge in [-0.1, -0.05) is 0 Å². The third-order valence-corrected chi connectivity index (χ3v) is 5.08. The Morgan fingerprint density at radius 1 is 1.48 bits per heavy atom. The molecule has 1 aliphatic rings. The molecule has 1 saturated heterocycles. The van der Waals surface area contributed by atoms with Crippen LogP contribution in [0.25, 0.3) is 0 Å². The highest BCUT2D eigenvalue weighted by atomic mass is 32.1. The molecule has 1 unspecified atom stereocenters. The van der Waals surface area contributed by atoms with Gasteiger partial charge in [0.25, 0.3) is 5.69 Å². The smallest absolute Gasteiger partial charge is 0.287 e. The first-order valence-electron chi connectivity index (χ1n) is 7.60. The molecular formula is C15H19N5O2S. The normalized spacial score (nSPS) is 18.2. The van der Waals surface area contributed by atoms with Crippen LogP contribution >= 0.6 is 11.3 Å². The number of likely N-dealkylation sites (tertiary alicyclic amines) is 1. The van der Waals surface area contributed by atoms with E-state index in [0.29, 0.717) is 11.9 Å². The Kier molecular flexibility index (Phi) is 4.82. The number of aryl methyl sites for hydroxylation is 1. The zero-order valence-electron chi connectivity index (χ0n) is 12.9. The van der Waals surface area contributed by atoms with Crippen LogP contribution in [-0.2, 0) is 6.42 Å². The Hall–Kier alpha value is -2.06. The van der Waals surface area contributed by atoms with E-state index >= 15 is 0 Å². The summed E-state index contributed by atoms with van der Waals surface area (Å²) in [6.45, 7) is 5.12. The number of thiazole rings is 1. The molecule has 8 heteroatoms. The lowest BCUT2D eigenvalue weighted by Gasteiger charge is -2.16. The first-order valence-corrected chi connectivity index (χ1v) is 8.48. The predicted octanol–water partition coefficient (Wildman–Crippen LogP) is 2.48. The maximum absolute atomic E-state index is 10.6. The van der Waals surface area contributed by atoms with Crippen molar-refractivity contribution in [2.24, 2.45) is 0 Å². The molecule has 0 bridgehead atoms. The number of nitrogens with zero attached hydrogens (tertiary/aromatic N) is 4. The summed E-state index contributed by atoms with van der Waals surface area (Å²) in [5.41, 5.74) is 3.06. The van der Waals surface area contributed by atoms with Crippen LogP contribution in [0.3, 0.4) is 0 Å². The number of anilines is 1. The number of nitrogens with one attached hydrogen (secondary N) is 1. The van der Waals surface area contributed by atoms with Crippen LogP contribution in [0.5, 0.6) is 0 Å². The van der Waals surface area contributed by atoms with Gasteiger partial charge < -0.3 is 10.2 Å². The minimum atomic E-state index is -0.435. The molecule has 1 atom stereocenters. The number of aromatic nitrogens is 2. The van der Waals surface area contributed by atoms with Crippen LogP contribution in [0.4, 0.5) is 11.5 Å². The molecule has 2 aromatic rings. The number of pyridine rings is 1. The summed E-state index contributed by atoms with van der Waals surface area (Å²) in [6.07, 6.45) is 3.39. The van der Waals surface area contributed by atoms with Crippen molar-refractivity contribution in [3.05, 3.63) is 44.5 Å². The van der Waals surface area contributed by atoms with Crippen molar-refractivity contribution >= 4 is 22.8 Å². The minimum Gasteiger partial charge on any atom is -0.366 e. The molecule has 0 aliphatic carbocycles. The Bertz CT molecular complexity index is 673. The van der Waals surface area contributed by atoms with E-state index in [-0.39, 0.29) is 5.69 Å². The first-order chi connectivity index (χ1) is 11.1. The summed E-state index contributed by atoms with van der Waals surface area (Å²) in [5, 5.41) is 14.0. The van der Waals surface area contributed by atoms with E-state index in [4.69, 9.17) is 0 Å². The molecule has 7 nitrogen and oxygen atoms in total. The summed E-state index contributed by atoms with van der Waals surface area (Å²) in [4.78, 5) is 22.4. The van der Waals surface area contributed by atoms with E-state index in [2.05, 4.69) is 27.1 Å². The van der Waals surface area contributed by atoms with Crippen molar-refractivity contribution in [1.29, 1.82) is 0 Å². The fourth-order valence-corrected chi connectivity index (χ4v) is 3.54. The molecular weight excluding hydrogens is 314 g/mol. The molecule has 3 heterocycles. The average Bonchev–Trinajstić information content (AvgIpc) is 3.15. The summed E-state index contributed by atoms with van der Waals surface area (Å²) in [6, 6.07) is 3.49. The second-order valence-electron chi connectivity index (χ2n) is 5.70. The van der Waals surface area contributed by atoms with Crippen molar-refractivity contribution in [3.63, 3.8) is 0 Å². The first kappa shape index (κ1) is 15.8.